The summed E-state index contributed by atoms with van der Waals surface area (Å²) in [6, 6.07) is 4.54. The zero-order valence-electron chi connectivity index (χ0n) is 11.6. The molecule has 0 aliphatic rings. The monoisotopic (exact) mass is 301 g/mol. The summed E-state index contributed by atoms with van der Waals surface area (Å²) >= 11 is 0. The first kappa shape index (κ1) is 16.3. The summed E-state index contributed by atoms with van der Waals surface area (Å²) in [4.78, 5) is 11.8. The van der Waals surface area contributed by atoms with Crippen molar-refractivity contribution in [1.29, 1.82) is 0 Å². The normalized spacial score (nSPS) is 11.1. The molecule has 7 heteroatoms. The molecule has 0 aromatic heterocycles. The molecule has 20 heavy (non-hydrogen) atoms. The van der Waals surface area contributed by atoms with Crippen LogP contribution in [0, 0.1) is 0 Å². The number of ether oxygens (including phenoxy) is 2. The highest BCUT2D eigenvalue weighted by atomic mass is 32.2. The van der Waals surface area contributed by atoms with E-state index in [2.05, 4.69) is 0 Å². The van der Waals surface area contributed by atoms with Crippen LogP contribution in [0.15, 0.2) is 18.2 Å². The average Bonchev–Trinajstić information content (AvgIpc) is 2.37. The fourth-order valence-corrected chi connectivity index (χ4v) is 2.79. The molecular weight excluding hydrogens is 282 g/mol. The van der Waals surface area contributed by atoms with Crippen molar-refractivity contribution in [3.63, 3.8) is 0 Å². The van der Waals surface area contributed by atoms with E-state index in [1.54, 1.807) is 13.0 Å². The molecule has 2 N–H and O–H groups in total. The number of hydrogen-bond acceptors (Lipinski definition) is 6. The van der Waals surface area contributed by atoms with Crippen molar-refractivity contribution < 1.29 is 22.7 Å². The lowest BCUT2D eigenvalue weighted by atomic mass is 10.2. The van der Waals surface area contributed by atoms with Crippen LogP contribution in [-0.4, -0.2) is 39.6 Å². The Morgan fingerprint density at radius 3 is 2.60 bits per heavy atom. The molecule has 0 saturated heterocycles. The molecule has 0 unspecified atom stereocenters. The van der Waals surface area contributed by atoms with E-state index < -0.39 is 15.8 Å². The van der Waals surface area contributed by atoms with E-state index in [1.165, 1.54) is 19.2 Å². The number of benzene rings is 1. The Morgan fingerprint density at radius 2 is 2.00 bits per heavy atom. The lowest BCUT2D eigenvalue weighted by molar-refractivity contribution is 0.0525. The molecule has 0 aliphatic heterocycles. The Labute approximate surface area is 118 Å². The van der Waals surface area contributed by atoms with Crippen molar-refractivity contribution in [2.24, 2.45) is 0 Å². The third-order valence-electron chi connectivity index (χ3n) is 2.59. The number of esters is 1. The van der Waals surface area contributed by atoms with Gasteiger partial charge in [-0.25, -0.2) is 13.2 Å². The second-order valence-corrected chi connectivity index (χ2v) is 6.55. The zero-order valence-corrected chi connectivity index (χ0v) is 12.4. The van der Waals surface area contributed by atoms with Gasteiger partial charge >= 0.3 is 5.97 Å². The zero-order chi connectivity index (χ0) is 15.2. The molecule has 0 atom stereocenters. The maximum absolute atomic E-state index is 11.8. The summed E-state index contributed by atoms with van der Waals surface area (Å²) < 4.78 is 33.0. The molecule has 0 fully saturated rings. The first-order valence-electron chi connectivity index (χ1n) is 6.20. The molecule has 1 rings (SSSR count). The van der Waals surface area contributed by atoms with Gasteiger partial charge in [-0.2, -0.15) is 0 Å². The predicted octanol–water partition coefficient (Wildman–Crippen LogP) is 1.26. The van der Waals surface area contributed by atoms with Gasteiger partial charge in [-0.3, -0.25) is 0 Å². The van der Waals surface area contributed by atoms with Crippen LogP contribution in [-0.2, 0) is 14.6 Å². The van der Waals surface area contributed by atoms with Crippen molar-refractivity contribution in [2.45, 2.75) is 13.3 Å². The Balaban J connectivity index is 2.64. The number of nitrogen functional groups attached to an aromatic ring is 1. The molecule has 112 valence electrons. The quantitative estimate of drug-likeness (QED) is 0.601. The van der Waals surface area contributed by atoms with Crippen molar-refractivity contribution in [3.8, 4) is 5.75 Å². The topological polar surface area (TPSA) is 95.7 Å². The number of methoxy groups -OCH3 is 1. The van der Waals surface area contributed by atoms with Crippen molar-refractivity contribution in [3.05, 3.63) is 23.8 Å². The lowest BCUT2D eigenvalue weighted by Gasteiger charge is -2.09. The van der Waals surface area contributed by atoms with E-state index >= 15 is 0 Å². The fraction of sp³-hybridized carbons (Fsp3) is 0.462. The smallest absolute Gasteiger partial charge is 0.341 e. The SMILES string of the molecule is CCCS(=O)(=O)CCOC(=O)c1ccc(N)cc1OC. The Bertz CT molecular complexity index is 568. The van der Waals surface area contributed by atoms with Crippen LogP contribution in [0.25, 0.3) is 0 Å². The highest BCUT2D eigenvalue weighted by Gasteiger charge is 2.16. The van der Waals surface area contributed by atoms with Crippen LogP contribution in [0.2, 0.25) is 0 Å². The maximum Gasteiger partial charge on any atom is 0.341 e. The van der Waals surface area contributed by atoms with Crippen LogP contribution in [0.1, 0.15) is 23.7 Å². The molecule has 1 aromatic carbocycles. The molecular formula is C13H19NO5S. The molecule has 0 heterocycles. The number of hydrogen-bond donors (Lipinski definition) is 1. The highest BCUT2D eigenvalue weighted by Crippen LogP contribution is 2.22. The minimum absolute atomic E-state index is 0.0930. The number of carbonyl (C=O) groups excluding carboxylic acids is 1. The van der Waals surface area contributed by atoms with Crippen molar-refractivity contribution in [2.75, 3.05) is 31.0 Å². The van der Waals surface area contributed by atoms with Gasteiger partial charge in [-0.1, -0.05) is 6.92 Å². The van der Waals surface area contributed by atoms with Crippen LogP contribution in [0.4, 0.5) is 5.69 Å². The fourth-order valence-electron chi connectivity index (χ4n) is 1.63. The first-order chi connectivity index (χ1) is 9.39. The Kier molecular flexibility index (Phi) is 5.82. The van der Waals surface area contributed by atoms with Gasteiger partial charge in [0.1, 0.15) is 17.9 Å². The largest absolute Gasteiger partial charge is 0.496 e. The standard InChI is InChI=1S/C13H19NO5S/c1-3-7-20(16,17)8-6-19-13(15)11-5-4-10(14)9-12(11)18-2/h4-5,9H,3,6-8,14H2,1-2H3. The van der Waals surface area contributed by atoms with Crippen molar-refractivity contribution in [1.82, 2.24) is 0 Å². The summed E-state index contributed by atoms with van der Waals surface area (Å²) in [5, 5.41) is 0. The van der Waals surface area contributed by atoms with Crippen LogP contribution < -0.4 is 10.5 Å². The molecule has 0 radical (unpaired) electrons. The van der Waals surface area contributed by atoms with E-state index in [4.69, 9.17) is 15.2 Å². The minimum atomic E-state index is -3.16. The van der Waals surface area contributed by atoms with Gasteiger partial charge in [-0.05, 0) is 18.6 Å². The van der Waals surface area contributed by atoms with Gasteiger partial charge in [0, 0.05) is 11.8 Å². The van der Waals surface area contributed by atoms with Crippen molar-refractivity contribution >= 4 is 21.5 Å². The van der Waals surface area contributed by atoms with Gasteiger partial charge < -0.3 is 15.2 Å². The number of carbonyl (C=O) groups is 1. The van der Waals surface area contributed by atoms with Gasteiger partial charge in [-0.15, -0.1) is 0 Å². The maximum atomic E-state index is 11.8. The molecule has 0 bridgehead atoms. The number of rotatable bonds is 7. The predicted molar refractivity (Wildman–Crippen MR) is 76.6 cm³/mol. The van der Waals surface area contributed by atoms with E-state index in [1.807, 2.05) is 0 Å². The summed E-state index contributed by atoms with van der Waals surface area (Å²) in [6.45, 7) is 1.61. The molecule has 0 saturated carbocycles. The number of anilines is 1. The molecule has 1 aromatic rings. The first-order valence-corrected chi connectivity index (χ1v) is 8.03. The molecule has 0 amide bonds. The second-order valence-electron chi connectivity index (χ2n) is 4.25. The summed E-state index contributed by atoms with van der Waals surface area (Å²) in [6.07, 6.45) is 0.544. The summed E-state index contributed by atoms with van der Waals surface area (Å²) in [7, 11) is -1.75. The van der Waals surface area contributed by atoms with Gasteiger partial charge in [0.05, 0.1) is 18.6 Å². The summed E-state index contributed by atoms with van der Waals surface area (Å²) in [5.41, 5.74) is 6.26. The summed E-state index contributed by atoms with van der Waals surface area (Å²) in [5.74, 6) is -0.417. The van der Waals surface area contributed by atoms with E-state index in [9.17, 15) is 13.2 Å². The van der Waals surface area contributed by atoms with Gasteiger partial charge in [0.2, 0.25) is 0 Å². The third-order valence-corrected chi connectivity index (χ3v) is 4.41. The Morgan fingerprint density at radius 1 is 1.30 bits per heavy atom. The van der Waals surface area contributed by atoms with E-state index in [-0.39, 0.29) is 23.7 Å². The molecule has 0 aliphatic carbocycles. The average molecular weight is 301 g/mol. The molecule has 0 spiro atoms. The van der Waals surface area contributed by atoms with Gasteiger partial charge in [0.25, 0.3) is 0 Å². The Hall–Kier alpha value is -1.76. The second kappa shape index (κ2) is 7.14. The van der Waals surface area contributed by atoms with Crippen LogP contribution in [0.5, 0.6) is 5.75 Å². The highest BCUT2D eigenvalue weighted by molar-refractivity contribution is 7.91. The number of sulfone groups is 1. The molecule has 6 nitrogen and oxygen atoms in total. The minimum Gasteiger partial charge on any atom is -0.496 e. The van der Waals surface area contributed by atoms with E-state index in [0.29, 0.717) is 17.9 Å². The van der Waals surface area contributed by atoms with Crippen LogP contribution in [0.3, 0.4) is 0 Å². The van der Waals surface area contributed by atoms with Crippen LogP contribution >= 0.6 is 0 Å². The third kappa shape index (κ3) is 4.73. The lowest BCUT2D eigenvalue weighted by Crippen LogP contribution is -2.18. The van der Waals surface area contributed by atoms with E-state index in [0.717, 1.165) is 0 Å². The number of nitrogens with two attached hydrogens (primary N) is 1. The van der Waals surface area contributed by atoms with Gasteiger partial charge in [0.15, 0.2) is 9.84 Å².